The molecule has 1 atom stereocenters. The fourth-order valence-corrected chi connectivity index (χ4v) is 3.35. The van der Waals surface area contributed by atoms with E-state index < -0.39 is 0 Å². The second-order valence-corrected chi connectivity index (χ2v) is 6.56. The number of aromatic nitrogens is 2. The number of hydrogen-bond acceptors (Lipinski definition) is 6. The maximum atomic E-state index is 12.6. The molecule has 1 saturated heterocycles. The third-order valence-corrected chi connectivity index (χ3v) is 4.41. The number of amides is 1. The van der Waals surface area contributed by atoms with Gasteiger partial charge in [-0.05, 0) is 19.9 Å². The molecule has 112 valence electrons. The second kappa shape index (κ2) is 5.57. The van der Waals surface area contributed by atoms with Crippen molar-refractivity contribution in [2.24, 2.45) is 0 Å². The molecule has 0 unspecified atom stereocenters. The quantitative estimate of drug-likeness (QED) is 0.851. The van der Waals surface area contributed by atoms with Crippen molar-refractivity contribution in [2.75, 3.05) is 19.7 Å². The van der Waals surface area contributed by atoms with Gasteiger partial charge in [0.05, 0.1) is 18.7 Å². The van der Waals surface area contributed by atoms with Crippen LogP contribution in [-0.4, -0.2) is 40.7 Å². The zero-order chi connectivity index (χ0) is 15.0. The molecule has 2 aromatic rings. The molecule has 3 rings (SSSR count). The fourth-order valence-electron chi connectivity index (χ4n) is 2.44. The average Bonchev–Trinajstić information content (AvgIpc) is 3.04. The Morgan fingerprint density at radius 1 is 1.38 bits per heavy atom. The number of thiophene rings is 1. The van der Waals surface area contributed by atoms with Crippen LogP contribution in [-0.2, 0) is 4.74 Å². The normalized spacial score (nSPS) is 19.0. The van der Waals surface area contributed by atoms with Gasteiger partial charge < -0.3 is 14.1 Å². The van der Waals surface area contributed by atoms with E-state index in [2.05, 4.69) is 10.2 Å². The zero-order valence-corrected chi connectivity index (χ0v) is 13.1. The van der Waals surface area contributed by atoms with Gasteiger partial charge in [0.2, 0.25) is 11.8 Å². The summed E-state index contributed by atoms with van der Waals surface area (Å²) in [7, 11) is 0. The molecule has 0 spiro atoms. The van der Waals surface area contributed by atoms with Crippen molar-refractivity contribution < 1.29 is 13.9 Å². The minimum absolute atomic E-state index is 0.0430. The van der Waals surface area contributed by atoms with Crippen LogP contribution in [0.1, 0.15) is 38.0 Å². The number of carbonyl (C=O) groups excluding carboxylic acids is 1. The molecule has 7 heteroatoms. The van der Waals surface area contributed by atoms with Gasteiger partial charge in [-0.1, -0.05) is 0 Å². The maximum Gasteiger partial charge on any atom is 0.255 e. The van der Waals surface area contributed by atoms with E-state index in [1.807, 2.05) is 19.9 Å². The molecule has 2 aromatic heterocycles. The van der Waals surface area contributed by atoms with Gasteiger partial charge >= 0.3 is 0 Å². The van der Waals surface area contributed by atoms with Crippen LogP contribution in [0.15, 0.2) is 10.5 Å². The largest absolute Gasteiger partial charge is 0.423 e. The Morgan fingerprint density at radius 3 is 2.81 bits per heavy atom. The zero-order valence-electron chi connectivity index (χ0n) is 12.3. The number of aryl methyl sites for hydroxylation is 3. The molecule has 0 bridgehead atoms. The minimum atomic E-state index is -0.344. The highest BCUT2D eigenvalue weighted by Gasteiger charge is 2.30. The summed E-state index contributed by atoms with van der Waals surface area (Å²) in [5.74, 6) is 0.978. The van der Waals surface area contributed by atoms with Crippen LogP contribution in [0.3, 0.4) is 0 Å². The van der Waals surface area contributed by atoms with Crippen molar-refractivity contribution in [2.45, 2.75) is 26.9 Å². The first kappa shape index (κ1) is 14.2. The Labute approximate surface area is 126 Å². The van der Waals surface area contributed by atoms with Gasteiger partial charge in [-0.2, -0.15) is 0 Å². The van der Waals surface area contributed by atoms with E-state index in [4.69, 9.17) is 9.15 Å². The topological polar surface area (TPSA) is 68.5 Å². The molecule has 1 amide bonds. The van der Waals surface area contributed by atoms with Gasteiger partial charge in [0.1, 0.15) is 0 Å². The standard InChI is InChI=1S/C14H17N3O3S/c1-8-6-11(9(2)21-8)14(18)17-4-5-19-12(7-17)13-16-15-10(3)20-13/h6,12H,4-5,7H2,1-3H3/t12-/m0/s1. The number of ether oxygens (including phenoxy) is 1. The van der Waals surface area contributed by atoms with E-state index in [0.29, 0.717) is 31.5 Å². The van der Waals surface area contributed by atoms with Crippen molar-refractivity contribution in [3.8, 4) is 0 Å². The molecule has 21 heavy (non-hydrogen) atoms. The molecule has 0 aliphatic carbocycles. The molecule has 0 saturated carbocycles. The van der Waals surface area contributed by atoms with Gasteiger partial charge in [0.15, 0.2) is 6.10 Å². The highest BCUT2D eigenvalue weighted by molar-refractivity contribution is 7.12. The minimum Gasteiger partial charge on any atom is -0.423 e. The lowest BCUT2D eigenvalue weighted by molar-refractivity contribution is -0.0349. The predicted molar refractivity (Wildman–Crippen MR) is 77.4 cm³/mol. The Hall–Kier alpha value is -1.73. The van der Waals surface area contributed by atoms with Crippen molar-refractivity contribution in [1.82, 2.24) is 15.1 Å². The highest BCUT2D eigenvalue weighted by atomic mass is 32.1. The van der Waals surface area contributed by atoms with E-state index in [1.165, 1.54) is 0 Å². The number of rotatable bonds is 2. The highest BCUT2D eigenvalue weighted by Crippen LogP contribution is 2.26. The molecule has 0 radical (unpaired) electrons. The molecule has 1 aliphatic rings. The van der Waals surface area contributed by atoms with E-state index in [-0.39, 0.29) is 12.0 Å². The van der Waals surface area contributed by atoms with Crippen molar-refractivity contribution in [3.05, 3.63) is 33.2 Å². The first-order valence-corrected chi connectivity index (χ1v) is 7.64. The number of morpholine rings is 1. The van der Waals surface area contributed by atoms with Crippen LogP contribution >= 0.6 is 11.3 Å². The molecular formula is C14H17N3O3S. The summed E-state index contributed by atoms with van der Waals surface area (Å²) in [4.78, 5) is 16.6. The summed E-state index contributed by atoms with van der Waals surface area (Å²) in [6.07, 6.45) is -0.344. The first-order valence-electron chi connectivity index (χ1n) is 6.82. The fraction of sp³-hybridized carbons (Fsp3) is 0.500. The van der Waals surface area contributed by atoms with Gasteiger partial charge in [0.25, 0.3) is 5.91 Å². The summed E-state index contributed by atoms with van der Waals surface area (Å²) < 4.78 is 11.0. The van der Waals surface area contributed by atoms with E-state index in [9.17, 15) is 4.79 Å². The van der Waals surface area contributed by atoms with E-state index in [1.54, 1.807) is 23.2 Å². The Morgan fingerprint density at radius 2 is 2.19 bits per heavy atom. The smallest absolute Gasteiger partial charge is 0.255 e. The Kier molecular flexibility index (Phi) is 3.77. The van der Waals surface area contributed by atoms with Crippen LogP contribution in [0.25, 0.3) is 0 Å². The summed E-state index contributed by atoms with van der Waals surface area (Å²) in [6.45, 7) is 7.22. The monoisotopic (exact) mass is 307 g/mol. The van der Waals surface area contributed by atoms with Crippen LogP contribution in [0.2, 0.25) is 0 Å². The van der Waals surface area contributed by atoms with E-state index >= 15 is 0 Å². The predicted octanol–water partition coefficient (Wildman–Crippen LogP) is 2.27. The summed E-state index contributed by atoms with van der Waals surface area (Å²) in [5, 5.41) is 7.79. The summed E-state index contributed by atoms with van der Waals surface area (Å²) >= 11 is 1.64. The molecule has 0 N–H and O–H groups in total. The second-order valence-electron chi connectivity index (χ2n) is 5.10. The summed E-state index contributed by atoms with van der Waals surface area (Å²) in [6, 6.07) is 1.95. The maximum absolute atomic E-state index is 12.6. The molecule has 6 nitrogen and oxygen atoms in total. The van der Waals surface area contributed by atoms with Crippen LogP contribution < -0.4 is 0 Å². The van der Waals surface area contributed by atoms with Crippen molar-refractivity contribution in [3.63, 3.8) is 0 Å². The van der Waals surface area contributed by atoms with Gasteiger partial charge in [-0.3, -0.25) is 4.79 Å². The average molecular weight is 307 g/mol. The number of nitrogens with zero attached hydrogens (tertiary/aromatic N) is 3. The Bertz CT molecular complexity index is 664. The Balaban J connectivity index is 1.77. The SMILES string of the molecule is Cc1nnc([C@@H]2CN(C(=O)c3cc(C)sc3C)CCO2)o1. The van der Waals surface area contributed by atoms with Crippen LogP contribution in [0.4, 0.5) is 0 Å². The van der Waals surface area contributed by atoms with Crippen LogP contribution in [0, 0.1) is 20.8 Å². The molecular weight excluding hydrogens is 290 g/mol. The number of carbonyl (C=O) groups is 1. The lowest BCUT2D eigenvalue weighted by Gasteiger charge is -2.31. The van der Waals surface area contributed by atoms with Gasteiger partial charge in [-0.15, -0.1) is 21.5 Å². The molecule has 1 aliphatic heterocycles. The van der Waals surface area contributed by atoms with E-state index in [0.717, 1.165) is 15.3 Å². The van der Waals surface area contributed by atoms with Gasteiger partial charge in [0, 0.05) is 23.2 Å². The van der Waals surface area contributed by atoms with Gasteiger partial charge in [-0.25, -0.2) is 0 Å². The third-order valence-electron chi connectivity index (χ3n) is 3.44. The van der Waals surface area contributed by atoms with Crippen LogP contribution in [0.5, 0.6) is 0 Å². The lowest BCUT2D eigenvalue weighted by Crippen LogP contribution is -2.42. The van der Waals surface area contributed by atoms with Crippen molar-refractivity contribution >= 4 is 17.2 Å². The van der Waals surface area contributed by atoms with Crippen molar-refractivity contribution in [1.29, 1.82) is 0 Å². The third kappa shape index (κ3) is 2.84. The molecule has 3 heterocycles. The number of hydrogen-bond donors (Lipinski definition) is 0. The first-order chi connectivity index (χ1) is 10.0. The lowest BCUT2D eigenvalue weighted by atomic mass is 10.2. The summed E-state index contributed by atoms with van der Waals surface area (Å²) in [5.41, 5.74) is 0.778. The molecule has 0 aromatic carbocycles. The molecule has 1 fully saturated rings.